The van der Waals surface area contributed by atoms with Crippen molar-refractivity contribution in [2.45, 2.75) is 6.92 Å². The molecule has 0 atom stereocenters. The van der Waals surface area contributed by atoms with E-state index < -0.39 is 0 Å². The topological polar surface area (TPSA) is 67.2 Å². The lowest BCUT2D eigenvalue weighted by Gasteiger charge is -2.07. The number of phenolic OH excluding ortho intramolecular Hbond substituents is 1. The summed E-state index contributed by atoms with van der Waals surface area (Å²) in [6, 6.07) is 6.58. The molecule has 1 heterocycles. The molecule has 0 spiro atoms. The molecule has 0 aliphatic rings. The van der Waals surface area contributed by atoms with Gasteiger partial charge < -0.3 is 10.4 Å². The highest BCUT2D eigenvalue weighted by atomic mass is 16.3. The number of nitrogens with one attached hydrogen (secondary N) is 1. The zero-order chi connectivity index (χ0) is 12.4. The van der Waals surface area contributed by atoms with E-state index in [0.717, 1.165) is 5.56 Å². The van der Waals surface area contributed by atoms with Crippen molar-refractivity contribution in [2.24, 2.45) is 7.05 Å². The molecule has 0 fully saturated rings. The summed E-state index contributed by atoms with van der Waals surface area (Å²) in [5.41, 5.74) is 1.17. The predicted molar refractivity (Wildman–Crippen MR) is 64.0 cm³/mol. The third kappa shape index (κ3) is 2.28. The van der Waals surface area contributed by atoms with Crippen LogP contribution in [0.1, 0.15) is 15.9 Å². The molecular weight excluding hydrogens is 218 g/mol. The van der Waals surface area contributed by atoms with Crippen molar-refractivity contribution in [1.82, 2.24) is 9.78 Å². The van der Waals surface area contributed by atoms with Crippen LogP contribution in [0.4, 0.5) is 5.82 Å². The highest BCUT2D eigenvalue weighted by molar-refractivity contribution is 6.05. The summed E-state index contributed by atoms with van der Waals surface area (Å²) in [5, 5.41) is 16.2. The van der Waals surface area contributed by atoms with Crippen molar-refractivity contribution in [3.05, 3.63) is 41.6 Å². The van der Waals surface area contributed by atoms with Crippen molar-refractivity contribution < 1.29 is 9.90 Å². The Labute approximate surface area is 98.7 Å². The highest BCUT2D eigenvalue weighted by Gasteiger charge is 2.12. The van der Waals surface area contributed by atoms with E-state index in [0.29, 0.717) is 5.82 Å². The Balaban J connectivity index is 2.26. The molecule has 0 radical (unpaired) electrons. The van der Waals surface area contributed by atoms with Crippen LogP contribution in [0.3, 0.4) is 0 Å². The van der Waals surface area contributed by atoms with E-state index in [4.69, 9.17) is 0 Å². The zero-order valence-corrected chi connectivity index (χ0v) is 9.64. The van der Waals surface area contributed by atoms with E-state index in [1.54, 1.807) is 36.1 Å². The van der Waals surface area contributed by atoms with Gasteiger partial charge in [0.15, 0.2) is 0 Å². The Morgan fingerprint density at radius 1 is 1.41 bits per heavy atom. The van der Waals surface area contributed by atoms with Gasteiger partial charge >= 0.3 is 0 Å². The fourth-order valence-electron chi connectivity index (χ4n) is 1.51. The minimum Gasteiger partial charge on any atom is -0.507 e. The molecule has 1 amide bonds. The Morgan fingerprint density at radius 3 is 2.82 bits per heavy atom. The van der Waals surface area contributed by atoms with Crippen molar-refractivity contribution >= 4 is 11.7 Å². The van der Waals surface area contributed by atoms with Crippen LogP contribution in [0, 0.1) is 6.92 Å². The monoisotopic (exact) mass is 231 g/mol. The van der Waals surface area contributed by atoms with Crippen molar-refractivity contribution in [1.29, 1.82) is 0 Å². The first-order chi connectivity index (χ1) is 8.08. The number of amides is 1. The fourth-order valence-corrected chi connectivity index (χ4v) is 1.51. The molecule has 2 rings (SSSR count). The van der Waals surface area contributed by atoms with Crippen LogP contribution in [-0.2, 0) is 7.05 Å². The molecule has 2 N–H and O–H groups in total. The summed E-state index contributed by atoms with van der Waals surface area (Å²) in [6.45, 7) is 1.86. The van der Waals surface area contributed by atoms with E-state index in [9.17, 15) is 9.90 Å². The van der Waals surface area contributed by atoms with Gasteiger partial charge in [0, 0.05) is 13.1 Å². The van der Waals surface area contributed by atoms with Crippen LogP contribution < -0.4 is 5.32 Å². The lowest BCUT2D eigenvalue weighted by molar-refractivity contribution is 0.102. The summed E-state index contributed by atoms with van der Waals surface area (Å²) >= 11 is 0. The van der Waals surface area contributed by atoms with Crippen LogP contribution in [0.15, 0.2) is 30.5 Å². The molecule has 5 heteroatoms. The number of nitrogens with zero attached hydrogens (tertiary/aromatic N) is 2. The first-order valence-corrected chi connectivity index (χ1v) is 5.17. The number of rotatable bonds is 2. The molecule has 5 nitrogen and oxygen atoms in total. The number of carbonyl (C=O) groups is 1. The van der Waals surface area contributed by atoms with Gasteiger partial charge in [-0.05, 0) is 19.1 Å². The number of aryl methyl sites for hydroxylation is 2. The molecule has 0 aliphatic carbocycles. The van der Waals surface area contributed by atoms with Gasteiger partial charge in [0.2, 0.25) is 0 Å². The zero-order valence-electron chi connectivity index (χ0n) is 9.64. The normalized spacial score (nSPS) is 10.2. The molecule has 0 saturated carbocycles. The molecule has 0 saturated heterocycles. The van der Waals surface area contributed by atoms with Crippen LogP contribution >= 0.6 is 0 Å². The molecule has 17 heavy (non-hydrogen) atoms. The molecule has 0 unspecified atom stereocenters. The van der Waals surface area contributed by atoms with Gasteiger partial charge in [-0.15, -0.1) is 0 Å². The maximum absolute atomic E-state index is 11.9. The minimum absolute atomic E-state index is 0.0322. The number of anilines is 1. The van der Waals surface area contributed by atoms with E-state index in [2.05, 4.69) is 10.4 Å². The smallest absolute Gasteiger partial charge is 0.260 e. The number of hydrogen-bond acceptors (Lipinski definition) is 3. The third-order valence-electron chi connectivity index (χ3n) is 2.46. The molecule has 88 valence electrons. The van der Waals surface area contributed by atoms with Crippen LogP contribution in [0.25, 0.3) is 0 Å². The van der Waals surface area contributed by atoms with Gasteiger partial charge in [-0.25, -0.2) is 0 Å². The quantitative estimate of drug-likeness (QED) is 0.826. The van der Waals surface area contributed by atoms with Crippen LogP contribution in [0.5, 0.6) is 5.75 Å². The van der Waals surface area contributed by atoms with E-state index in [-0.39, 0.29) is 17.2 Å². The first-order valence-electron chi connectivity index (χ1n) is 5.17. The number of benzene rings is 1. The maximum atomic E-state index is 11.9. The van der Waals surface area contributed by atoms with Gasteiger partial charge in [-0.2, -0.15) is 5.10 Å². The predicted octanol–water partition coefficient (Wildman–Crippen LogP) is 1.69. The molecule has 1 aromatic carbocycles. The van der Waals surface area contributed by atoms with Crippen LogP contribution in [0.2, 0.25) is 0 Å². The molecule has 0 aliphatic heterocycles. The third-order valence-corrected chi connectivity index (χ3v) is 2.46. The van der Waals surface area contributed by atoms with Gasteiger partial charge in [0.05, 0.1) is 11.8 Å². The number of aromatic nitrogens is 2. The van der Waals surface area contributed by atoms with Gasteiger partial charge in [0.1, 0.15) is 11.6 Å². The average molecular weight is 231 g/mol. The number of hydrogen-bond donors (Lipinski definition) is 2. The Kier molecular flexibility index (Phi) is 2.82. The first kappa shape index (κ1) is 11.2. The highest BCUT2D eigenvalue weighted by Crippen LogP contribution is 2.19. The SMILES string of the molecule is Cc1ccc(O)c(C(=O)Nc2ccnn2C)c1. The van der Waals surface area contributed by atoms with E-state index in [1.807, 2.05) is 6.92 Å². The van der Waals surface area contributed by atoms with Crippen molar-refractivity contribution in [2.75, 3.05) is 5.32 Å². The van der Waals surface area contributed by atoms with E-state index >= 15 is 0 Å². The fraction of sp³-hybridized carbons (Fsp3) is 0.167. The molecule has 2 aromatic rings. The van der Waals surface area contributed by atoms with Gasteiger partial charge in [-0.1, -0.05) is 11.6 Å². The minimum atomic E-state index is -0.352. The lowest BCUT2D eigenvalue weighted by atomic mass is 10.1. The second-order valence-electron chi connectivity index (χ2n) is 3.81. The standard InChI is InChI=1S/C12H13N3O2/c1-8-3-4-10(16)9(7-8)12(17)14-11-5-6-13-15(11)2/h3-7,16H,1-2H3,(H,14,17). The summed E-state index contributed by atoms with van der Waals surface area (Å²) in [4.78, 5) is 11.9. The summed E-state index contributed by atoms with van der Waals surface area (Å²) < 4.78 is 1.55. The number of phenols is 1. The van der Waals surface area contributed by atoms with Gasteiger partial charge in [-0.3, -0.25) is 9.48 Å². The molecular formula is C12H13N3O2. The number of carbonyl (C=O) groups excluding carboxylic acids is 1. The molecule has 1 aromatic heterocycles. The van der Waals surface area contributed by atoms with E-state index in [1.165, 1.54) is 6.07 Å². The second-order valence-corrected chi connectivity index (χ2v) is 3.81. The Bertz CT molecular complexity index is 561. The maximum Gasteiger partial charge on any atom is 0.260 e. The Morgan fingerprint density at radius 2 is 2.18 bits per heavy atom. The number of aromatic hydroxyl groups is 1. The van der Waals surface area contributed by atoms with Gasteiger partial charge in [0.25, 0.3) is 5.91 Å². The Hall–Kier alpha value is -2.30. The van der Waals surface area contributed by atoms with Crippen LogP contribution in [-0.4, -0.2) is 20.8 Å². The summed E-state index contributed by atoms with van der Waals surface area (Å²) in [6.07, 6.45) is 1.59. The van der Waals surface area contributed by atoms with Crippen molar-refractivity contribution in [3.63, 3.8) is 0 Å². The average Bonchev–Trinajstić information content (AvgIpc) is 2.68. The summed E-state index contributed by atoms with van der Waals surface area (Å²) in [7, 11) is 1.73. The molecule has 0 bridgehead atoms. The lowest BCUT2D eigenvalue weighted by Crippen LogP contribution is -2.14. The van der Waals surface area contributed by atoms with Crippen molar-refractivity contribution in [3.8, 4) is 5.75 Å². The largest absolute Gasteiger partial charge is 0.507 e. The second kappa shape index (κ2) is 4.29. The summed E-state index contributed by atoms with van der Waals surface area (Å²) in [5.74, 6) is 0.195.